The molecule has 0 aliphatic rings. The Morgan fingerprint density at radius 2 is 2.22 bits per heavy atom. The Kier molecular flexibility index (Phi) is 3.72. The Balaban J connectivity index is 2.35. The standard InChI is InChI=1S/C13H16FN3O/c1-3-6-17-12(8-15-16-17)13(18)11-5-4-10(14)7-9(11)2/h4-5,7-8,13,18H,3,6H2,1-2H3. The molecule has 1 heterocycles. The van der Waals surface area contributed by atoms with Gasteiger partial charge in [-0.1, -0.05) is 18.2 Å². The molecule has 5 heteroatoms. The van der Waals surface area contributed by atoms with Gasteiger partial charge in [-0.05, 0) is 36.6 Å². The molecule has 0 aliphatic carbocycles. The fraction of sp³-hybridized carbons (Fsp3) is 0.385. The molecule has 0 bridgehead atoms. The van der Waals surface area contributed by atoms with Crippen LogP contribution >= 0.6 is 0 Å². The number of nitrogens with zero attached hydrogens (tertiary/aromatic N) is 3. The molecule has 0 amide bonds. The van der Waals surface area contributed by atoms with Crippen LogP contribution < -0.4 is 0 Å². The van der Waals surface area contributed by atoms with Gasteiger partial charge in [0.25, 0.3) is 0 Å². The minimum atomic E-state index is -0.827. The molecule has 0 spiro atoms. The lowest BCUT2D eigenvalue weighted by Crippen LogP contribution is -2.11. The monoisotopic (exact) mass is 249 g/mol. The summed E-state index contributed by atoms with van der Waals surface area (Å²) >= 11 is 0. The highest BCUT2D eigenvalue weighted by Crippen LogP contribution is 2.24. The van der Waals surface area contributed by atoms with E-state index in [4.69, 9.17) is 0 Å². The van der Waals surface area contributed by atoms with Gasteiger partial charge in [-0.2, -0.15) is 0 Å². The molecule has 1 N–H and O–H groups in total. The van der Waals surface area contributed by atoms with Gasteiger partial charge in [0.05, 0.1) is 11.9 Å². The second-order valence-corrected chi connectivity index (χ2v) is 4.29. The minimum Gasteiger partial charge on any atom is -0.382 e. The summed E-state index contributed by atoms with van der Waals surface area (Å²) in [6.07, 6.45) is 1.63. The van der Waals surface area contributed by atoms with E-state index in [0.29, 0.717) is 23.4 Å². The Hall–Kier alpha value is -1.75. The maximum absolute atomic E-state index is 13.0. The largest absolute Gasteiger partial charge is 0.382 e. The minimum absolute atomic E-state index is 0.302. The van der Waals surface area contributed by atoms with Gasteiger partial charge in [0.2, 0.25) is 0 Å². The topological polar surface area (TPSA) is 50.9 Å². The molecule has 4 nitrogen and oxygen atoms in total. The van der Waals surface area contributed by atoms with Crippen LogP contribution in [0.5, 0.6) is 0 Å². The van der Waals surface area contributed by atoms with E-state index >= 15 is 0 Å². The van der Waals surface area contributed by atoms with Crippen molar-refractivity contribution in [1.29, 1.82) is 0 Å². The number of benzene rings is 1. The quantitative estimate of drug-likeness (QED) is 0.903. The van der Waals surface area contributed by atoms with Crippen LogP contribution in [0.1, 0.15) is 36.3 Å². The normalized spacial score (nSPS) is 12.7. The van der Waals surface area contributed by atoms with Gasteiger partial charge in [-0.25, -0.2) is 9.07 Å². The van der Waals surface area contributed by atoms with Crippen LogP contribution in [0.25, 0.3) is 0 Å². The molecular formula is C13H16FN3O. The lowest BCUT2D eigenvalue weighted by Gasteiger charge is -2.14. The summed E-state index contributed by atoms with van der Waals surface area (Å²) in [6, 6.07) is 4.35. The second kappa shape index (κ2) is 5.27. The van der Waals surface area contributed by atoms with Crippen LogP contribution in [0.15, 0.2) is 24.4 Å². The van der Waals surface area contributed by atoms with Crippen LogP contribution in [0.4, 0.5) is 4.39 Å². The third-order valence-corrected chi connectivity index (χ3v) is 2.89. The lowest BCUT2D eigenvalue weighted by atomic mass is 10.0. The molecule has 2 rings (SSSR count). The van der Waals surface area contributed by atoms with Crippen molar-refractivity contribution in [3.63, 3.8) is 0 Å². The van der Waals surface area contributed by atoms with E-state index in [9.17, 15) is 9.50 Å². The SMILES string of the molecule is CCCn1nncc1C(O)c1ccc(F)cc1C. The fourth-order valence-corrected chi connectivity index (χ4v) is 1.97. The lowest BCUT2D eigenvalue weighted by molar-refractivity contribution is 0.206. The van der Waals surface area contributed by atoms with Crippen molar-refractivity contribution >= 4 is 0 Å². The van der Waals surface area contributed by atoms with E-state index in [1.165, 1.54) is 12.1 Å². The molecule has 0 fully saturated rings. The summed E-state index contributed by atoms with van der Waals surface area (Å²) in [4.78, 5) is 0. The van der Waals surface area contributed by atoms with Gasteiger partial charge in [-0.3, -0.25) is 0 Å². The van der Waals surface area contributed by atoms with Gasteiger partial charge in [0, 0.05) is 6.54 Å². The summed E-state index contributed by atoms with van der Waals surface area (Å²) in [7, 11) is 0. The van der Waals surface area contributed by atoms with Crippen molar-refractivity contribution in [3.8, 4) is 0 Å². The highest BCUT2D eigenvalue weighted by Gasteiger charge is 2.18. The first-order valence-electron chi connectivity index (χ1n) is 5.96. The zero-order valence-corrected chi connectivity index (χ0v) is 10.5. The van der Waals surface area contributed by atoms with E-state index in [2.05, 4.69) is 10.3 Å². The Bertz CT molecular complexity index is 539. The van der Waals surface area contributed by atoms with E-state index in [1.807, 2.05) is 6.92 Å². The molecule has 1 aromatic carbocycles. The molecule has 2 aromatic rings. The van der Waals surface area contributed by atoms with E-state index in [1.54, 1.807) is 23.9 Å². The average Bonchev–Trinajstić information content (AvgIpc) is 2.77. The number of hydrogen-bond donors (Lipinski definition) is 1. The number of aromatic nitrogens is 3. The Labute approximate surface area is 105 Å². The molecule has 0 radical (unpaired) electrons. The van der Waals surface area contributed by atoms with Crippen molar-refractivity contribution in [3.05, 3.63) is 47.0 Å². The van der Waals surface area contributed by atoms with Gasteiger partial charge >= 0.3 is 0 Å². The van der Waals surface area contributed by atoms with Crippen molar-refractivity contribution in [2.45, 2.75) is 32.9 Å². The fourth-order valence-electron chi connectivity index (χ4n) is 1.97. The van der Waals surface area contributed by atoms with Crippen LogP contribution in [0.2, 0.25) is 0 Å². The average molecular weight is 249 g/mol. The summed E-state index contributed by atoms with van der Waals surface area (Å²) in [6.45, 7) is 4.50. The molecule has 0 saturated heterocycles. The number of halogens is 1. The number of rotatable bonds is 4. The van der Waals surface area contributed by atoms with Crippen molar-refractivity contribution in [1.82, 2.24) is 15.0 Å². The van der Waals surface area contributed by atoms with E-state index in [0.717, 1.165) is 6.42 Å². The predicted octanol–water partition coefficient (Wildman–Crippen LogP) is 2.22. The molecule has 96 valence electrons. The third kappa shape index (κ3) is 2.41. The third-order valence-electron chi connectivity index (χ3n) is 2.89. The summed E-state index contributed by atoms with van der Waals surface area (Å²) < 4.78 is 14.7. The first-order chi connectivity index (χ1) is 8.63. The maximum Gasteiger partial charge on any atom is 0.123 e. The van der Waals surface area contributed by atoms with Crippen molar-refractivity contribution < 1.29 is 9.50 Å². The van der Waals surface area contributed by atoms with Crippen LogP contribution in [0.3, 0.4) is 0 Å². The van der Waals surface area contributed by atoms with Crippen LogP contribution in [-0.2, 0) is 6.54 Å². The molecule has 1 aromatic heterocycles. The number of aliphatic hydroxyl groups is 1. The van der Waals surface area contributed by atoms with Gasteiger partial charge < -0.3 is 5.11 Å². The van der Waals surface area contributed by atoms with Crippen molar-refractivity contribution in [2.75, 3.05) is 0 Å². The number of aliphatic hydroxyl groups excluding tert-OH is 1. The molecule has 18 heavy (non-hydrogen) atoms. The molecule has 0 saturated carbocycles. The Morgan fingerprint density at radius 1 is 1.44 bits per heavy atom. The second-order valence-electron chi connectivity index (χ2n) is 4.29. The summed E-state index contributed by atoms with van der Waals surface area (Å²) in [5.41, 5.74) is 2.02. The van der Waals surface area contributed by atoms with Gasteiger partial charge in [0.1, 0.15) is 11.9 Å². The summed E-state index contributed by atoms with van der Waals surface area (Å²) in [5.74, 6) is -0.302. The van der Waals surface area contributed by atoms with Crippen LogP contribution in [0, 0.1) is 12.7 Å². The van der Waals surface area contributed by atoms with Crippen molar-refractivity contribution in [2.24, 2.45) is 0 Å². The maximum atomic E-state index is 13.0. The van der Waals surface area contributed by atoms with E-state index < -0.39 is 6.10 Å². The summed E-state index contributed by atoms with van der Waals surface area (Å²) in [5, 5.41) is 18.1. The first-order valence-corrected chi connectivity index (χ1v) is 5.96. The highest BCUT2D eigenvalue weighted by atomic mass is 19.1. The highest BCUT2D eigenvalue weighted by molar-refractivity contribution is 5.32. The molecule has 1 unspecified atom stereocenters. The zero-order chi connectivity index (χ0) is 13.1. The smallest absolute Gasteiger partial charge is 0.123 e. The predicted molar refractivity (Wildman–Crippen MR) is 65.5 cm³/mol. The van der Waals surface area contributed by atoms with Gasteiger partial charge in [0.15, 0.2) is 0 Å². The van der Waals surface area contributed by atoms with E-state index in [-0.39, 0.29) is 5.82 Å². The number of hydrogen-bond acceptors (Lipinski definition) is 3. The zero-order valence-electron chi connectivity index (χ0n) is 10.5. The molecular weight excluding hydrogens is 233 g/mol. The molecule has 1 atom stereocenters. The Morgan fingerprint density at radius 3 is 2.89 bits per heavy atom. The first kappa shape index (κ1) is 12.7. The van der Waals surface area contributed by atoms with Crippen LogP contribution in [-0.4, -0.2) is 20.1 Å². The molecule has 0 aliphatic heterocycles. The number of aryl methyl sites for hydroxylation is 2. The van der Waals surface area contributed by atoms with Gasteiger partial charge in [-0.15, -0.1) is 5.10 Å².